The van der Waals surface area contributed by atoms with Gasteiger partial charge in [-0.05, 0) is 26.7 Å². The lowest BCUT2D eigenvalue weighted by molar-refractivity contribution is 0.363. The van der Waals surface area contributed by atoms with Gasteiger partial charge in [-0.2, -0.15) is 0 Å². The van der Waals surface area contributed by atoms with E-state index in [0.717, 1.165) is 23.5 Å². The topological polar surface area (TPSA) is 29.1 Å². The first-order valence-corrected chi connectivity index (χ1v) is 12.2. The van der Waals surface area contributed by atoms with Crippen molar-refractivity contribution >= 4 is 29.5 Å². The molecular weight excluding hydrogens is 357 g/mol. The summed E-state index contributed by atoms with van der Waals surface area (Å²) in [6, 6.07) is 20.3. The van der Waals surface area contributed by atoms with Crippen LogP contribution >= 0.6 is 18.9 Å². The van der Waals surface area contributed by atoms with Crippen molar-refractivity contribution in [2.75, 3.05) is 0 Å². The van der Waals surface area contributed by atoms with Crippen molar-refractivity contribution < 1.29 is 4.57 Å². The fraction of sp³-hybridized carbons (Fsp3) is 0.455. The Kier molecular flexibility index (Phi) is 4.84. The van der Waals surface area contributed by atoms with Crippen molar-refractivity contribution in [3.63, 3.8) is 0 Å². The highest BCUT2D eigenvalue weighted by molar-refractivity contribution is 8.03. The SMILES string of the molecule is CC1(C)N[C@@H](P(=O)(c2ccccc2)c2ccccc2)C2(CCCCC2)S1. The van der Waals surface area contributed by atoms with Gasteiger partial charge in [0, 0.05) is 15.4 Å². The van der Waals surface area contributed by atoms with E-state index in [1.54, 1.807) is 0 Å². The van der Waals surface area contributed by atoms with Crippen molar-refractivity contribution in [2.45, 2.75) is 61.4 Å². The molecule has 4 heteroatoms. The monoisotopic (exact) mass is 385 g/mol. The fourth-order valence-corrected chi connectivity index (χ4v) is 10.8. The minimum atomic E-state index is -2.82. The summed E-state index contributed by atoms with van der Waals surface area (Å²) < 4.78 is 15.0. The number of rotatable bonds is 3. The maximum atomic E-state index is 14.9. The van der Waals surface area contributed by atoms with Gasteiger partial charge in [-0.3, -0.25) is 5.32 Å². The maximum absolute atomic E-state index is 14.9. The van der Waals surface area contributed by atoms with Crippen LogP contribution in [0.4, 0.5) is 0 Å². The first-order valence-electron chi connectivity index (χ1n) is 9.65. The van der Waals surface area contributed by atoms with Gasteiger partial charge in [0.2, 0.25) is 0 Å². The molecule has 2 aromatic carbocycles. The van der Waals surface area contributed by atoms with E-state index in [0.29, 0.717) is 0 Å². The Labute approximate surface area is 161 Å². The second-order valence-corrected chi connectivity index (χ2v) is 13.0. The Morgan fingerprint density at radius 1 is 0.885 bits per heavy atom. The molecule has 1 heterocycles. The Morgan fingerprint density at radius 3 is 1.88 bits per heavy atom. The van der Waals surface area contributed by atoms with Crippen molar-refractivity contribution in [1.29, 1.82) is 0 Å². The summed E-state index contributed by atoms with van der Waals surface area (Å²) in [6.45, 7) is 4.49. The van der Waals surface area contributed by atoms with Gasteiger partial charge in [0.1, 0.15) is 0 Å². The molecule has 1 aliphatic heterocycles. The molecule has 4 rings (SSSR count). The lowest BCUT2D eigenvalue weighted by Crippen LogP contribution is -2.48. The van der Waals surface area contributed by atoms with Gasteiger partial charge in [-0.25, -0.2) is 0 Å². The quantitative estimate of drug-likeness (QED) is 0.745. The average Bonchev–Trinajstić information content (AvgIpc) is 2.93. The first-order chi connectivity index (χ1) is 12.5. The van der Waals surface area contributed by atoms with Gasteiger partial charge in [0.15, 0.2) is 7.14 Å². The lowest BCUT2D eigenvalue weighted by Gasteiger charge is -2.41. The van der Waals surface area contributed by atoms with Crippen molar-refractivity contribution in [3.05, 3.63) is 60.7 Å². The number of thioether (sulfide) groups is 1. The molecule has 1 aliphatic carbocycles. The maximum Gasteiger partial charge on any atom is 0.160 e. The van der Waals surface area contributed by atoms with E-state index < -0.39 is 7.14 Å². The molecule has 0 bridgehead atoms. The molecule has 1 N–H and O–H groups in total. The summed E-state index contributed by atoms with van der Waals surface area (Å²) in [4.78, 5) is -0.0543. The summed E-state index contributed by atoms with van der Waals surface area (Å²) in [7, 11) is -2.82. The molecular formula is C22H28NOPS. The summed E-state index contributed by atoms with van der Waals surface area (Å²) in [5, 5.41) is 5.79. The van der Waals surface area contributed by atoms with Crippen LogP contribution in [0.5, 0.6) is 0 Å². The van der Waals surface area contributed by atoms with Gasteiger partial charge in [-0.15, -0.1) is 11.8 Å². The Hall–Kier alpha value is -1.02. The average molecular weight is 386 g/mol. The Balaban J connectivity index is 1.90. The van der Waals surface area contributed by atoms with Crippen LogP contribution in [0, 0.1) is 0 Å². The third kappa shape index (κ3) is 3.09. The number of benzene rings is 2. The molecule has 0 unspecified atom stereocenters. The first kappa shape index (κ1) is 18.3. The molecule has 2 aromatic rings. The van der Waals surface area contributed by atoms with Crippen LogP contribution in [-0.4, -0.2) is 15.4 Å². The molecule has 0 aromatic heterocycles. The third-order valence-corrected chi connectivity index (χ3v) is 11.1. The molecule has 0 amide bonds. The third-order valence-electron chi connectivity index (χ3n) is 5.78. The highest BCUT2D eigenvalue weighted by Gasteiger charge is 2.58. The Bertz CT molecular complexity index is 756. The molecule has 2 fully saturated rings. The highest BCUT2D eigenvalue weighted by atomic mass is 32.2. The predicted octanol–water partition coefficient (Wildman–Crippen LogP) is 5.10. The molecule has 1 spiro atoms. The second-order valence-electron chi connectivity index (χ2n) is 8.11. The Morgan fingerprint density at radius 2 is 1.38 bits per heavy atom. The van der Waals surface area contributed by atoms with Gasteiger partial charge >= 0.3 is 0 Å². The minimum absolute atomic E-state index is 0.0138. The minimum Gasteiger partial charge on any atom is -0.312 e. The van der Waals surface area contributed by atoms with E-state index in [4.69, 9.17) is 0 Å². The summed E-state index contributed by atoms with van der Waals surface area (Å²) in [5.74, 6) is -0.0138. The van der Waals surface area contributed by atoms with Crippen LogP contribution in [-0.2, 0) is 4.57 Å². The molecule has 26 heavy (non-hydrogen) atoms. The van der Waals surface area contributed by atoms with Crippen molar-refractivity contribution in [3.8, 4) is 0 Å². The van der Waals surface area contributed by atoms with Gasteiger partial charge in [0.25, 0.3) is 0 Å². The van der Waals surface area contributed by atoms with E-state index in [2.05, 4.69) is 43.4 Å². The molecule has 2 nitrogen and oxygen atoms in total. The zero-order valence-corrected chi connectivity index (χ0v) is 17.4. The predicted molar refractivity (Wildman–Crippen MR) is 114 cm³/mol. The molecule has 0 radical (unpaired) electrons. The zero-order chi connectivity index (χ0) is 18.3. The van der Waals surface area contributed by atoms with Crippen LogP contribution in [0.1, 0.15) is 46.0 Å². The molecule has 138 valence electrons. The van der Waals surface area contributed by atoms with Crippen LogP contribution < -0.4 is 15.9 Å². The second kappa shape index (κ2) is 6.86. The zero-order valence-electron chi connectivity index (χ0n) is 15.7. The molecule has 1 saturated heterocycles. The molecule has 2 aliphatic rings. The fourth-order valence-electron chi connectivity index (χ4n) is 4.75. The van der Waals surface area contributed by atoms with E-state index >= 15 is 0 Å². The highest BCUT2D eigenvalue weighted by Crippen LogP contribution is 2.64. The van der Waals surface area contributed by atoms with Crippen LogP contribution in [0.25, 0.3) is 0 Å². The van der Waals surface area contributed by atoms with Gasteiger partial charge in [0.05, 0.1) is 10.7 Å². The van der Waals surface area contributed by atoms with E-state index in [1.807, 2.05) is 48.2 Å². The van der Waals surface area contributed by atoms with E-state index in [9.17, 15) is 4.57 Å². The summed E-state index contributed by atoms with van der Waals surface area (Å²) >= 11 is 2.03. The smallest absolute Gasteiger partial charge is 0.160 e. The van der Waals surface area contributed by atoms with Crippen molar-refractivity contribution in [1.82, 2.24) is 5.32 Å². The normalized spacial score (nSPS) is 24.6. The van der Waals surface area contributed by atoms with E-state index in [-0.39, 0.29) is 15.4 Å². The largest absolute Gasteiger partial charge is 0.312 e. The van der Waals surface area contributed by atoms with Crippen molar-refractivity contribution in [2.24, 2.45) is 0 Å². The summed E-state index contributed by atoms with van der Waals surface area (Å²) in [5.41, 5.74) is 0. The van der Waals surface area contributed by atoms with Crippen LogP contribution in [0.15, 0.2) is 60.7 Å². The van der Waals surface area contributed by atoms with Crippen LogP contribution in [0.3, 0.4) is 0 Å². The summed E-state index contributed by atoms with van der Waals surface area (Å²) in [6.07, 6.45) is 6.09. The van der Waals surface area contributed by atoms with Gasteiger partial charge in [-0.1, -0.05) is 79.9 Å². The van der Waals surface area contributed by atoms with Crippen LogP contribution in [0.2, 0.25) is 0 Å². The number of hydrogen-bond acceptors (Lipinski definition) is 3. The lowest BCUT2D eigenvalue weighted by atomic mass is 9.88. The number of nitrogens with one attached hydrogen (secondary N) is 1. The number of hydrogen-bond donors (Lipinski definition) is 1. The standard InChI is InChI=1S/C22H28NOPS/c1-21(2)23-20(22(26-21)16-10-5-11-17-22)25(24,18-12-6-3-7-13-18)19-14-8-4-9-15-19/h3-4,6-9,12-15,20,23H,5,10-11,16-17H2,1-2H3/t20-/m0/s1. The molecule has 1 atom stereocenters. The van der Waals surface area contributed by atoms with Gasteiger partial charge < -0.3 is 4.57 Å². The molecule has 1 saturated carbocycles. The van der Waals surface area contributed by atoms with E-state index in [1.165, 1.54) is 19.3 Å².